The first kappa shape index (κ1) is 19.0. The van der Waals surface area contributed by atoms with E-state index in [0.29, 0.717) is 13.0 Å². The third kappa shape index (κ3) is 6.19. The fraction of sp³-hybridized carbons (Fsp3) is 0.409. The lowest BCUT2D eigenvalue weighted by molar-refractivity contribution is -0.120. The SMILES string of the molecule is Cc1ccc(SCCC(=O)NCc2cccc(CN3CCCC3)c2)cc1. The molecule has 0 unspecified atom stereocenters. The molecule has 26 heavy (non-hydrogen) atoms. The monoisotopic (exact) mass is 368 g/mol. The zero-order valence-corrected chi connectivity index (χ0v) is 16.4. The second-order valence-corrected chi connectivity index (χ2v) is 8.16. The fourth-order valence-electron chi connectivity index (χ4n) is 3.22. The van der Waals surface area contributed by atoms with Gasteiger partial charge in [0, 0.05) is 30.2 Å². The van der Waals surface area contributed by atoms with Crippen molar-refractivity contribution in [1.82, 2.24) is 10.2 Å². The Hall–Kier alpha value is -1.78. The number of benzene rings is 2. The van der Waals surface area contributed by atoms with Crippen molar-refractivity contribution in [1.29, 1.82) is 0 Å². The van der Waals surface area contributed by atoms with Gasteiger partial charge in [-0.2, -0.15) is 0 Å². The van der Waals surface area contributed by atoms with E-state index in [1.54, 1.807) is 11.8 Å². The molecule has 2 aromatic rings. The van der Waals surface area contributed by atoms with Gasteiger partial charge >= 0.3 is 0 Å². The van der Waals surface area contributed by atoms with Crippen molar-refractivity contribution < 1.29 is 4.79 Å². The van der Waals surface area contributed by atoms with Crippen molar-refractivity contribution >= 4 is 17.7 Å². The number of thioether (sulfide) groups is 1. The van der Waals surface area contributed by atoms with Gasteiger partial charge in [0.2, 0.25) is 5.91 Å². The Morgan fingerprint density at radius 1 is 1.08 bits per heavy atom. The molecule has 0 saturated carbocycles. The van der Waals surface area contributed by atoms with Gasteiger partial charge in [-0.25, -0.2) is 0 Å². The molecule has 0 bridgehead atoms. The molecule has 0 spiro atoms. The van der Waals surface area contributed by atoms with Crippen LogP contribution < -0.4 is 5.32 Å². The van der Waals surface area contributed by atoms with Crippen LogP contribution in [-0.4, -0.2) is 29.6 Å². The van der Waals surface area contributed by atoms with Crippen molar-refractivity contribution in [3.8, 4) is 0 Å². The summed E-state index contributed by atoms with van der Waals surface area (Å²) in [5.41, 5.74) is 3.79. The molecule has 2 aromatic carbocycles. The van der Waals surface area contributed by atoms with E-state index in [0.717, 1.165) is 12.3 Å². The topological polar surface area (TPSA) is 32.3 Å². The summed E-state index contributed by atoms with van der Waals surface area (Å²) >= 11 is 1.73. The molecule has 1 amide bonds. The summed E-state index contributed by atoms with van der Waals surface area (Å²) in [4.78, 5) is 15.8. The molecule has 0 radical (unpaired) electrons. The summed E-state index contributed by atoms with van der Waals surface area (Å²) in [6, 6.07) is 17.0. The molecule has 1 N–H and O–H groups in total. The van der Waals surface area contributed by atoms with E-state index >= 15 is 0 Å². The van der Waals surface area contributed by atoms with Crippen molar-refractivity contribution in [3.63, 3.8) is 0 Å². The number of nitrogens with one attached hydrogen (secondary N) is 1. The van der Waals surface area contributed by atoms with Gasteiger partial charge in [-0.1, -0.05) is 42.0 Å². The summed E-state index contributed by atoms with van der Waals surface area (Å²) < 4.78 is 0. The highest BCUT2D eigenvalue weighted by Crippen LogP contribution is 2.19. The number of aryl methyl sites for hydroxylation is 1. The summed E-state index contributed by atoms with van der Waals surface area (Å²) in [6.07, 6.45) is 3.18. The minimum absolute atomic E-state index is 0.120. The average Bonchev–Trinajstić information content (AvgIpc) is 3.15. The fourth-order valence-corrected chi connectivity index (χ4v) is 4.07. The third-order valence-electron chi connectivity index (χ3n) is 4.70. The lowest BCUT2D eigenvalue weighted by atomic mass is 10.1. The summed E-state index contributed by atoms with van der Waals surface area (Å²) in [6.45, 7) is 6.14. The summed E-state index contributed by atoms with van der Waals surface area (Å²) in [5.74, 6) is 0.929. The van der Waals surface area contributed by atoms with E-state index in [1.807, 2.05) is 0 Å². The Balaban J connectivity index is 1.39. The molecule has 1 aliphatic rings. The normalized spacial score (nSPS) is 14.5. The van der Waals surface area contributed by atoms with Crippen LogP contribution >= 0.6 is 11.8 Å². The Labute approximate surface area is 161 Å². The van der Waals surface area contributed by atoms with E-state index in [2.05, 4.69) is 65.7 Å². The van der Waals surface area contributed by atoms with Crippen LogP contribution in [0.2, 0.25) is 0 Å². The molecule has 1 fully saturated rings. The van der Waals surface area contributed by atoms with Gasteiger partial charge in [-0.3, -0.25) is 9.69 Å². The van der Waals surface area contributed by atoms with Crippen LogP contribution in [0.4, 0.5) is 0 Å². The molecule has 1 aliphatic heterocycles. The van der Waals surface area contributed by atoms with Crippen LogP contribution in [0.5, 0.6) is 0 Å². The highest BCUT2D eigenvalue weighted by molar-refractivity contribution is 7.99. The van der Waals surface area contributed by atoms with E-state index in [9.17, 15) is 4.79 Å². The first-order valence-corrected chi connectivity index (χ1v) is 10.4. The number of likely N-dealkylation sites (tertiary alicyclic amines) is 1. The van der Waals surface area contributed by atoms with Crippen LogP contribution in [-0.2, 0) is 17.9 Å². The molecule has 0 atom stereocenters. The van der Waals surface area contributed by atoms with Crippen LogP contribution in [0, 0.1) is 6.92 Å². The zero-order chi connectivity index (χ0) is 18.2. The third-order valence-corrected chi connectivity index (χ3v) is 5.72. The van der Waals surface area contributed by atoms with Crippen molar-refractivity contribution in [2.24, 2.45) is 0 Å². The standard InChI is InChI=1S/C22H28N2OS/c1-18-7-9-21(10-8-18)26-14-11-22(25)23-16-19-5-4-6-20(15-19)17-24-12-2-3-13-24/h4-10,15H,2-3,11-14,16-17H2,1H3,(H,23,25). The van der Waals surface area contributed by atoms with E-state index in [-0.39, 0.29) is 5.91 Å². The Morgan fingerprint density at radius 2 is 1.81 bits per heavy atom. The Bertz CT molecular complexity index is 708. The predicted octanol–water partition coefficient (Wildman–Crippen LogP) is 4.39. The number of amides is 1. The van der Waals surface area contributed by atoms with Crippen molar-refractivity contribution in [2.45, 2.75) is 44.2 Å². The molecule has 1 saturated heterocycles. The quantitative estimate of drug-likeness (QED) is 0.702. The maximum Gasteiger partial charge on any atom is 0.221 e. The van der Waals surface area contributed by atoms with E-state index in [4.69, 9.17) is 0 Å². The highest BCUT2D eigenvalue weighted by atomic mass is 32.2. The molecule has 0 aliphatic carbocycles. The lowest BCUT2D eigenvalue weighted by Crippen LogP contribution is -2.23. The van der Waals surface area contributed by atoms with Crippen molar-refractivity contribution in [3.05, 3.63) is 65.2 Å². The van der Waals surface area contributed by atoms with Gasteiger partial charge in [-0.05, 0) is 56.1 Å². The Morgan fingerprint density at radius 3 is 2.58 bits per heavy atom. The molecule has 3 rings (SSSR count). The molecule has 3 nitrogen and oxygen atoms in total. The number of hydrogen-bond acceptors (Lipinski definition) is 3. The van der Waals surface area contributed by atoms with Gasteiger partial charge in [0.1, 0.15) is 0 Å². The average molecular weight is 369 g/mol. The molecule has 4 heteroatoms. The first-order chi connectivity index (χ1) is 12.7. The molecular weight excluding hydrogens is 340 g/mol. The molecule has 0 aromatic heterocycles. The largest absolute Gasteiger partial charge is 0.352 e. The van der Waals surface area contributed by atoms with Gasteiger partial charge in [-0.15, -0.1) is 11.8 Å². The minimum atomic E-state index is 0.120. The maximum atomic E-state index is 12.1. The molecule has 138 valence electrons. The minimum Gasteiger partial charge on any atom is -0.352 e. The van der Waals surface area contributed by atoms with E-state index < -0.39 is 0 Å². The molecule has 1 heterocycles. The van der Waals surface area contributed by atoms with Gasteiger partial charge in [0.05, 0.1) is 0 Å². The van der Waals surface area contributed by atoms with Crippen LogP contribution in [0.3, 0.4) is 0 Å². The van der Waals surface area contributed by atoms with Gasteiger partial charge in [0.25, 0.3) is 0 Å². The number of carbonyl (C=O) groups is 1. The first-order valence-electron chi connectivity index (χ1n) is 9.45. The Kier molecular flexibility index (Phi) is 7.15. The van der Waals surface area contributed by atoms with E-state index in [1.165, 1.54) is 47.5 Å². The second-order valence-electron chi connectivity index (χ2n) is 6.99. The highest BCUT2D eigenvalue weighted by Gasteiger charge is 2.11. The van der Waals surface area contributed by atoms with Crippen LogP contribution in [0.25, 0.3) is 0 Å². The number of hydrogen-bond donors (Lipinski definition) is 1. The molecular formula is C22H28N2OS. The lowest BCUT2D eigenvalue weighted by Gasteiger charge is -2.15. The smallest absolute Gasteiger partial charge is 0.221 e. The van der Waals surface area contributed by atoms with Crippen molar-refractivity contribution in [2.75, 3.05) is 18.8 Å². The van der Waals surface area contributed by atoms with Crippen LogP contribution in [0.15, 0.2) is 53.4 Å². The summed E-state index contributed by atoms with van der Waals surface area (Å²) in [5, 5.41) is 3.05. The number of carbonyl (C=O) groups excluding carboxylic acids is 1. The zero-order valence-electron chi connectivity index (χ0n) is 15.5. The number of rotatable bonds is 8. The predicted molar refractivity (Wildman–Crippen MR) is 109 cm³/mol. The van der Waals surface area contributed by atoms with Gasteiger partial charge in [0.15, 0.2) is 0 Å². The number of nitrogens with zero attached hydrogens (tertiary/aromatic N) is 1. The second kappa shape index (κ2) is 9.79. The van der Waals surface area contributed by atoms with Gasteiger partial charge < -0.3 is 5.32 Å². The maximum absolute atomic E-state index is 12.1. The summed E-state index contributed by atoms with van der Waals surface area (Å²) in [7, 11) is 0. The van der Waals surface area contributed by atoms with Crippen LogP contribution in [0.1, 0.15) is 36.0 Å².